The lowest BCUT2D eigenvalue weighted by molar-refractivity contribution is 0.389. The molecule has 0 saturated heterocycles. The Morgan fingerprint density at radius 2 is 2.17 bits per heavy atom. The zero-order chi connectivity index (χ0) is 12.8. The van der Waals surface area contributed by atoms with Crippen molar-refractivity contribution in [3.63, 3.8) is 0 Å². The van der Waals surface area contributed by atoms with Gasteiger partial charge in [-0.2, -0.15) is 25.5 Å². The fourth-order valence-electron chi connectivity index (χ4n) is 1.27. The van der Waals surface area contributed by atoms with Crippen molar-refractivity contribution in [3.8, 4) is 0 Å². The second kappa shape index (κ2) is 6.55. The number of hydrogen-bond acceptors (Lipinski definition) is 9. The van der Waals surface area contributed by atoms with E-state index >= 15 is 0 Å². The van der Waals surface area contributed by atoms with Gasteiger partial charge in [0.05, 0.1) is 17.5 Å². The average Bonchev–Trinajstić information content (AvgIpc) is 2.97. The highest BCUT2D eigenvalue weighted by Gasteiger charge is 2.05. The Hall–Kier alpha value is -1.35. The molecule has 0 saturated carbocycles. The third-order valence-electron chi connectivity index (χ3n) is 2.06. The van der Waals surface area contributed by atoms with Gasteiger partial charge in [0.1, 0.15) is 0 Å². The summed E-state index contributed by atoms with van der Waals surface area (Å²) in [4.78, 5) is 4.14. The molecule has 0 atom stereocenters. The van der Waals surface area contributed by atoms with Gasteiger partial charge in [-0.1, -0.05) is 5.16 Å². The van der Waals surface area contributed by atoms with Gasteiger partial charge < -0.3 is 15.2 Å². The minimum atomic E-state index is 0.607. The van der Waals surface area contributed by atoms with Gasteiger partial charge in [0.15, 0.2) is 17.5 Å². The van der Waals surface area contributed by atoms with Gasteiger partial charge in [0, 0.05) is 26.3 Å². The fourth-order valence-corrected chi connectivity index (χ4v) is 2.50. The third-order valence-corrected chi connectivity index (χ3v) is 3.55. The van der Waals surface area contributed by atoms with Crippen LogP contribution >= 0.6 is 23.5 Å². The van der Waals surface area contributed by atoms with Crippen LogP contribution in [0.3, 0.4) is 0 Å². The highest BCUT2D eigenvalue weighted by molar-refractivity contribution is 7.98. The van der Waals surface area contributed by atoms with Gasteiger partial charge in [-0.3, -0.25) is 0 Å². The van der Waals surface area contributed by atoms with Crippen LogP contribution in [-0.4, -0.2) is 38.2 Å². The molecule has 2 aromatic heterocycles. The molecule has 2 rings (SSSR count). The van der Waals surface area contributed by atoms with Gasteiger partial charge in [-0.05, 0) is 0 Å². The molecule has 0 radical (unpaired) electrons. The standard InChI is InChI=1S/C9H14N6OS2/c1-6-12-7(13-16-6)5-17-4-3-11-9-8(10-2)14-18-15-9/h3-5H2,1-2H3,(H,10,14)(H,11,15). The minimum absolute atomic E-state index is 0.607. The van der Waals surface area contributed by atoms with Crippen molar-refractivity contribution in [1.29, 1.82) is 0 Å². The molecule has 98 valence electrons. The largest absolute Gasteiger partial charge is 0.369 e. The van der Waals surface area contributed by atoms with E-state index in [0.29, 0.717) is 5.89 Å². The van der Waals surface area contributed by atoms with Crippen molar-refractivity contribution in [2.75, 3.05) is 30.0 Å². The number of thioether (sulfide) groups is 1. The molecule has 0 fully saturated rings. The lowest BCUT2D eigenvalue weighted by Gasteiger charge is -2.03. The third kappa shape index (κ3) is 3.57. The first kappa shape index (κ1) is 13.1. The van der Waals surface area contributed by atoms with E-state index < -0.39 is 0 Å². The molecule has 2 N–H and O–H groups in total. The summed E-state index contributed by atoms with van der Waals surface area (Å²) >= 11 is 2.93. The molecule has 0 aliphatic heterocycles. The molecule has 0 bridgehead atoms. The van der Waals surface area contributed by atoms with E-state index in [-0.39, 0.29) is 0 Å². The van der Waals surface area contributed by atoms with Crippen LogP contribution in [0.15, 0.2) is 4.52 Å². The van der Waals surface area contributed by atoms with Crippen LogP contribution in [0.25, 0.3) is 0 Å². The van der Waals surface area contributed by atoms with Crippen LogP contribution in [0.4, 0.5) is 11.6 Å². The lowest BCUT2D eigenvalue weighted by Crippen LogP contribution is -2.06. The summed E-state index contributed by atoms with van der Waals surface area (Å²) in [6.45, 7) is 2.61. The maximum absolute atomic E-state index is 4.90. The van der Waals surface area contributed by atoms with Gasteiger partial charge in [0.2, 0.25) is 5.89 Å². The summed E-state index contributed by atoms with van der Waals surface area (Å²) in [6, 6.07) is 0. The Kier molecular flexibility index (Phi) is 4.76. The predicted octanol–water partition coefficient (Wildman–Crippen LogP) is 1.62. The Morgan fingerprint density at radius 1 is 1.33 bits per heavy atom. The van der Waals surface area contributed by atoms with E-state index in [0.717, 1.165) is 35.5 Å². The van der Waals surface area contributed by atoms with E-state index in [2.05, 4.69) is 29.5 Å². The molecule has 0 spiro atoms. The normalized spacial score (nSPS) is 10.6. The van der Waals surface area contributed by atoms with Crippen molar-refractivity contribution in [2.45, 2.75) is 12.7 Å². The molecular formula is C9H14N6OS2. The minimum Gasteiger partial charge on any atom is -0.369 e. The van der Waals surface area contributed by atoms with E-state index in [1.165, 1.54) is 11.7 Å². The average molecular weight is 286 g/mol. The lowest BCUT2D eigenvalue weighted by atomic mass is 10.6. The molecule has 7 nitrogen and oxygen atoms in total. The van der Waals surface area contributed by atoms with Gasteiger partial charge in [0.25, 0.3) is 0 Å². The molecule has 0 aromatic carbocycles. The first-order chi connectivity index (χ1) is 8.79. The Balaban J connectivity index is 1.64. The van der Waals surface area contributed by atoms with Crippen LogP contribution in [0.5, 0.6) is 0 Å². The number of hydrogen-bond donors (Lipinski definition) is 2. The summed E-state index contributed by atoms with van der Waals surface area (Å²) in [5, 5.41) is 10.0. The van der Waals surface area contributed by atoms with Crippen molar-refractivity contribution in [2.24, 2.45) is 0 Å². The molecule has 0 aliphatic rings. The molecular weight excluding hydrogens is 272 g/mol. The summed E-state index contributed by atoms with van der Waals surface area (Å²) in [5.41, 5.74) is 0. The van der Waals surface area contributed by atoms with Crippen LogP contribution in [0, 0.1) is 6.92 Å². The van der Waals surface area contributed by atoms with Crippen molar-refractivity contribution >= 4 is 35.1 Å². The number of anilines is 2. The number of rotatable bonds is 7. The smallest absolute Gasteiger partial charge is 0.223 e. The SMILES string of the molecule is CNc1nsnc1NCCSCc1noc(C)n1. The molecule has 0 amide bonds. The van der Waals surface area contributed by atoms with Crippen molar-refractivity contribution < 1.29 is 4.52 Å². The van der Waals surface area contributed by atoms with Crippen LogP contribution in [-0.2, 0) is 5.75 Å². The fraction of sp³-hybridized carbons (Fsp3) is 0.556. The van der Waals surface area contributed by atoms with Crippen molar-refractivity contribution in [3.05, 3.63) is 11.7 Å². The zero-order valence-corrected chi connectivity index (χ0v) is 11.8. The number of nitrogens with zero attached hydrogens (tertiary/aromatic N) is 4. The number of aromatic nitrogens is 4. The van der Waals surface area contributed by atoms with Crippen molar-refractivity contribution in [1.82, 2.24) is 18.9 Å². The molecule has 18 heavy (non-hydrogen) atoms. The van der Waals surface area contributed by atoms with E-state index in [9.17, 15) is 0 Å². The summed E-state index contributed by atoms with van der Waals surface area (Å²) in [7, 11) is 1.83. The van der Waals surface area contributed by atoms with E-state index in [1.54, 1.807) is 18.7 Å². The zero-order valence-electron chi connectivity index (χ0n) is 10.1. The Labute approximate surface area is 113 Å². The van der Waals surface area contributed by atoms with Crippen LogP contribution in [0.1, 0.15) is 11.7 Å². The Bertz CT molecular complexity index is 485. The number of nitrogens with one attached hydrogen (secondary N) is 2. The molecule has 0 aliphatic carbocycles. The van der Waals surface area contributed by atoms with E-state index in [1.807, 2.05) is 7.05 Å². The second-order valence-corrected chi connectivity index (χ2v) is 5.05. The van der Waals surface area contributed by atoms with Gasteiger partial charge in [-0.25, -0.2) is 0 Å². The summed E-state index contributed by atoms with van der Waals surface area (Å²) in [6.07, 6.45) is 0. The Morgan fingerprint density at radius 3 is 2.89 bits per heavy atom. The van der Waals surface area contributed by atoms with E-state index in [4.69, 9.17) is 4.52 Å². The monoisotopic (exact) mass is 286 g/mol. The quantitative estimate of drug-likeness (QED) is 0.742. The topological polar surface area (TPSA) is 88.8 Å². The van der Waals surface area contributed by atoms with Gasteiger partial charge in [-0.15, -0.1) is 0 Å². The van der Waals surface area contributed by atoms with Crippen LogP contribution < -0.4 is 10.6 Å². The maximum Gasteiger partial charge on any atom is 0.223 e. The van der Waals surface area contributed by atoms with Crippen LogP contribution in [0.2, 0.25) is 0 Å². The maximum atomic E-state index is 4.90. The predicted molar refractivity (Wildman–Crippen MR) is 73.1 cm³/mol. The highest BCUT2D eigenvalue weighted by atomic mass is 32.2. The first-order valence-corrected chi connectivity index (χ1v) is 7.29. The summed E-state index contributed by atoms with van der Waals surface area (Å²) in [5.74, 6) is 4.64. The second-order valence-electron chi connectivity index (χ2n) is 3.42. The molecule has 2 aromatic rings. The number of aryl methyl sites for hydroxylation is 1. The molecule has 0 unspecified atom stereocenters. The van der Waals surface area contributed by atoms with Gasteiger partial charge >= 0.3 is 0 Å². The molecule has 9 heteroatoms. The molecule has 2 heterocycles. The first-order valence-electron chi connectivity index (χ1n) is 5.40. The highest BCUT2D eigenvalue weighted by Crippen LogP contribution is 2.17. The summed E-state index contributed by atoms with van der Waals surface area (Å²) < 4.78 is 13.2.